The number of nitrogens with zero attached hydrogens (tertiary/aromatic N) is 1. The fourth-order valence-corrected chi connectivity index (χ4v) is 3.07. The number of likely N-dealkylation sites (N-methyl/N-ethyl adjacent to an activating group) is 1. The van der Waals surface area contributed by atoms with Crippen LogP contribution in [0, 0.1) is 6.92 Å². The molecule has 4 nitrogen and oxygen atoms in total. The highest BCUT2D eigenvalue weighted by molar-refractivity contribution is 9.10. The van der Waals surface area contributed by atoms with Crippen LogP contribution in [0.4, 0.5) is 5.69 Å². The summed E-state index contributed by atoms with van der Waals surface area (Å²) in [6.45, 7) is 4.42. The molecule has 0 bridgehead atoms. The molecule has 2 N–H and O–H groups in total. The summed E-state index contributed by atoms with van der Waals surface area (Å²) in [7, 11) is 1.99. The number of benzene rings is 1. The summed E-state index contributed by atoms with van der Waals surface area (Å²) in [6.07, 6.45) is 2.34. The molecule has 110 valence electrons. The second-order valence-corrected chi connectivity index (χ2v) is 6.29. The minimum atomic E-state index is 0.0622. The summed E-state index contributed by atoms with van der Waals surface area (Å²) < 4.78 is 1.03. The number of carbonyl (C=O) groups is 1. The number of anilines is 1. The van der Waals surface area contributed by atoms with Gasteiger partial charge in [-0.25, -0.2) is 0 Å². The minimum absolute atomic E-state index is 0.0622. The van der Waals surface area contributed by atoms with Gasteiger partial charge in [-0.15, -0.1) is 0 Å². The zero-order chi connectivity index (χ0) is 14.5. The van der Waals surface area contributed by atoms with E-state index in [0.29, 0.717) is 12.6 Å². The summed E-state index contributed by atoms with van der Waals surface area (Å²) in [5, 5.41) is 6.29. The Morgan fingerprint density at radius 2 is 2.30 bits per heavy atom. The predicted octanol–water partition coefficient (Wildman–Crippen LogP) is 2.38. The second kappa shape index (κ2) is 7.20. The summed E-state index contributed by atoms with van der Waals surface area (Å²) >= 11 is 3.43. The van der Waals surface area contributed by atoms with Crippen LogP contribution in [0.25, 0.3) is 0 Å². The van der Waals surface area contributed by atoms with Crippen molar-refractivity contribution in [3.8, 4) is 0 Å². The topological polar surface area (TPSA) is 44.4 Å². The quantitative estimate of drug-likeness (QED) is 0.885. The van der Waals surface area contributed by atoms with Crippen LogP contribution < -0.4 is 10.6 Å². The lowest BCUT2D eigenvalue weighted by molar-refractivity contribution is -0.117. The summed E-state index contributed by atoms with van der Waals surface area (Å²) in [4.78, 5) is 14.3. The number of aryl methyl sites for hydroxylation is 1. The Balaban J connectivity index is 1.88. The van der Waals surface area contributed by atoms with Crippen molar-refractivity contribution in [2.45, 2.75) is 25.8 Å². The zero-order valence-corrected chi connectivity index (χ0v) is 13.7. The highest BCUT2D eigenvalue weighted by atomic mass is 79.9. The first-order valence-corrected chi connectivity index (χ1v) is 7.83. The lowest BCUT2D eigenvalue weighted by atomic mass is 10.1. The third kappa shape index (κ3) is 4.30. The molecule has 1 atom stereocenters. The summed E-state index contributed by atoms with van der Waals surface area (Å²) in [5.41, 5.74) is 1.96. The number of piperidine rings is 1. The van der Waals surface area contributed by atoms with Crippen molar-refractivity contribution >= 4 is 27.5 Å². The van der Waals surface area contributed by atoms with Gasteiger partial charge in [0, 0.05) is 22.7 Å². The molecule has 5 heteroatoms. The van der Waals surface area contributed by atoms with Crippen LogP contribution in [0.3, 0.4) is 0 Å². The Morgan fingerprint density at radius 1 is 1.50 bits per heavy atom. The van der Waals surface area contributed by atoms with E-state index in [0.717, 1.165) is 35.2 Å². The number of halogens is 1. The van der Waals surface area contributed by atoms with Crippen molar-refractivity contribution in [2.75, 3.05) is 32.0 Å². The monoisotopic (exact) mass is 339 g/mol. The van der Waals surface area contributed by atoms with Crippen molar-refractivity contribution in [3.63, 3.8) is 0 Å². The van der Waals surface area contributed by atoms with E-state index in [1.54, 1.807) is 0 Å². The van der Waals surface area contributed by atoms with Gasteiger partial charge in [0.05, 0.1) is 6.54 Å². The van der Waals surface area contributed by atoms with Crippen molar-refractivity contribution in [3.05, 3.63) is 28.2 Å². The molecule has 1 aliphatic rings. The van der Waals surface area contributed by atoms with Crippen LogP contribution in [-0.2, 0) is 4.79 Å². The molecule has 1 fully saturated rings. The molecule has 0 aromatic heterocycles. The minimum Gasteiger partial charge on any atom is -0.325 e. The Kier molecular flexibility index (Phi) is 5.57. The van der Waals surface area contributed by atoms with Crippen molar-refractivity contribution in [1.82, 2.24) is 10.2 Å². The van der Waals surface area contributed by atoms with E-state index in [1.165, 1.54) is 6.42 Å². The maximum Gasteiger partial charge on any atom is 0.238 e. The molecule has 1 unspecified atom stereocenters. The van der Waals surface area contributed by atoms with Gasteiger partial charge in [0.2, 0.25) is 5.91 Å². The Bertz CT molecular complexity index is 478. The Hall–Kier alpha value is -0.910. The lowest BCUT2D eigenvalue weighted by Gasteiger charge is -2.31. The van der Waals surface area contributed by atoms with Crippen LogP contribution in [0.2, 0.25) is 0 Å². The second-order valence-electron chi connectivity index (χ2n) is 5.37. The number of nitrogens with one attached hydrogen (secondary N) is 2. The smallest absolute Gasteiger partial charge is 0.238 e. The van der Waals surface area contributed by atoms with Gasteiger partial charge >= 0.3 is 0 Å². The van der Waals surface area contributed by atoms with Crippen molar-refractivity contribution < 1.29 is 4.79 Å². The van der Waals surface area contributed by atoms with E-state index in [4.69, 9.17) is 0 Å². The third-order valence-electron chi connectivity index (χ3n) is 3.74. The van der Waals surface area contributed by atoms with E-state index < -0.39 is 0 Å². The molecule has 0 spiro atoms. The first-order valence-electron chi connectivity index (χ1n) is 7.04. The standard InChI is InChI=1S/C15H22BrN3O/c1-11-8-12(16)5-6-14(11)18-15(20)10-19-7-3-4-13(9-19)17-2/h5-6,8,13,17H,3-4,7,9-10H2,1-2H3,(H,18,20). The summed E-state index contributed by atoms with van der Waals surface area (Å²) in [6, 6.07) is 6.39. The predicted molar refractivity (Wildman–Crippen MR) is 86.0 cm³/mol. The molecule has 1 aromatic carbocycles. The molecular weight excluding hydrogens is 318 g/mol. The van der Waals surface area contributed by atoms with Gasteiger partial charge in [-0.2, -0.15) is 0 Å². The maximum atomic E-state index is 12.1. The molecule has 1 heterocycles. The molecule has 1 aliphatic heterocycles. The molecule has 1 aromatic rings. The number of carbonyl (C=O) groups excluding carboxylic acids is 1. The van der Waals surface area contributed by atoms with Crippen molar-refractivity contribution in [1.29, 1.82) is 0 Å². The SMILES string of the molecule is CNC1CCCN(CC(=O)Nc2ccc(Br)cc2C)C1. The first kappa shape index (κ1) is 15.5. The molecule has 1 amide bonds. The number of rotatable bonds is 4. The van der Waals surface area contributed by atoms with Crippen LogP contribution in [0.15, 0.2) is 22.7 Å². The van der Waals surface area contributed by atoms with Gasteiger partial charge in [0.25, 0.3) is 0 Å². The fraction of sp³-hybridized carbons (Fsp3) is 0.533. The third-order valence-corrected chi connectivity index (χ3v) is 4.24. The molecule has 0 aliphatic carbocycles. The lowest BCUT2D eigenvalue weighted by Crippen LogP contribution is -2.46. The Labute approximate surface area is 129 Å². The van der Waals surface area contributed by atoms with E-state index >= 15 is 0 Å². The van der Waals surface area contributed by atoms with Gasteiger partial charge in [-0.05, 0) is 57.1 Å². The average molecular weight is 340 g/mol. The van der Waals surface area contributed by atoms with Crippen molar-refractivity contribution in [2.24, 2.45) is 0 Å². The Morgan fingerprint density at radius 3 is 3.00 bits per heavy atom. The number of hydrogen-bond donors (Lipinski definition) is 2. The number of hydrogen-bond acceptors (Lipinski definition) is 3. The normalized spacial score (nSPS) is 19.9. The van der Waals surface area contributed by atoms with Crippen LogP contribution >= 0.6 is 15.9 Å². The van der Waals surface area contributed by atoms with E-state index in [-0.39, 0.29) is 5.91 Å². The van der Waals surface area contributed by atoms with Crippen LogP contribution in [0.1, 0.15) is 18.4 Å². The number of likely N-dealkylation sites (tertiary alicyclic amines) is 1. The highest BCUT2D eigenvalue weighted by Gasteiger charge is 2.20. The van der Waals surface area contributed by atoms with Gasteiger partial charge in [0.15, 0.2) is 0 Å². The molecule has 2 rings (SSSR count). The van der Waals surface area contributed by atoms with E-state index in [9.17, 15) is 4.79 Å². The largest absolute Gasteiger partial charge is 0.325 e. The van der Waals surface area contributed by atoms with Crippen LogP contribution in [-0.4, -0.2) is 43.5 Å². The summed E-state index contributed by atoms with van der Waals surface area (Å²) in [5.74, 6) is 0.0622. The van der Waals surface area contributed by atoms with Gasteiger partial charge in [-0.3, -0.25) is 9.69 Å². The molecular formula is C15H22BrN3O. The fourth-order valence-electron chi connectivity index (χ4n) is 2.59. The molecule has 0 saturated carbocycles. The first-order chi connectivity index (χ1) is 9.58. The number of amides is 1. The highest BCUT2D eigenvalue weighted by Crippen LogP contribution is 2.20. The van der Waals surface area contributed by atoms with E-state index in [1.807, 2.05) is 32.2 Å². The van der Waals surface area contributed by atoms with E-state index in [2.05, 4.69) is 31.5 Å². The van der Waals surface area contributed by atoms with Gasteiger partial charge < -0.3 is 10.6 Å². The van der Waals surface area contributed by atoms with Gasteiger partial charge in [-0.1, -0.05) is 15.9 Å². The zero-order valence-electron chi connectivity index (χ0n) is 12.1. The maximum absolute atomic E-state index is 12.1. The average Bonchev–Trinajstić information content (AvgIpc) is 2.42. The van der Waals surface area contributed by atoms with Gasteiger partial charge in [0.1, 0.15) is 0 Å². The molecule has 0 radical (unpaired) electrons. The molecule has 20 heavy (non-hydrogen) atoms. The van der Waals surface area contributed by atoms with Crippen LogP contribution in [0.5, 0.6) is 0 Å². The molecule has 1 saturated heterocycles.